The molecule has 3 nitrogen and oxygen atoms in total. The van der Waals surface area contributed by atoms with Crippen LogP contribution in [0.2, 0.25) is 10.0 Å². The number of rotatable bonds is 2. The van der Waals surface area contributed by atoms with Crippen LogP contribution in [-0.4, -0.2) is 17.4 Å². The first-order valence-electron chi connectivity index (χ1n) is 7.32. The maximum absolute atomic E-state index is 12.7. The zero-order valence-electron chi connectivity index (χ0n) is 13.1. The Morgan fingerprint density at radius 3 is 2.38 bits per heavy atom. The molecule has 3 rings (SSSR count). The highest BCUT2D eigenvalue weighted by atomic mass is 35.5. The van der Waals surface area contributed by atoms with Gasteiger partial charge in [0.05, 0.1) is 12.1 Å². The second-order valence-electron chi connectivity index (χ2n) is 5.57. The van der Waals surface area contributed by atoms with Crippen LogP contribution in [-0.2, 0) is 4.79 Å². The van der Waals surface area contributed by atoms with E-state index in [0.29, 0.717) is 21.2 Å². The molecular weight excluding hydrogens is 365 g/mol. The Labute approximate surface area is 155 Å². The Balaban J connectivity index is 2.02. The van der Waals surface area contributed by atoms with Crippen LogP contribution in [0.5, 0.6) is 0 Å². The second kappa shape index (κ2) is 6.71. The summed E-state index contributed by atoms with van der Waals surface area (Å²) in [4.78, 5) is 12.7. The van der Waals surface area contributed by atoms with Crippen LogP contribution in [0.25, 0.3) is 5.57 Å². The van der Waals surface area contributed by atoms with Gasteiger partial charge in [0.15, 0.2) is 10.9 Å². The Bertz CT molecular complexity index is 847. The molecule has 1 heterocycles. The van der Waals surface area contributed by atoms with Crippen molar-refractivity contribution in [1.29, 1.82) is 0 Å². The van der Waals surface area contributed by atoms with E-state index in [1.54, 1.807) is 22.5 Å². The number of hydrogen-bond donors (Lipinski definition) is 1. The molecule has 0 fully saturated rings. The van der Waals surface area contributed by atoms with E-state index in [1.165, 1.54) is 0 Å². The first-order valence-corrected chi connectivity index (χ1v) is 8.85. The number of benzene rings is 2. The van der Waals surface area contributed by atoms with Crippen LogP contribution in [0.1, 0.15) is 16.7 Å². The van der Waals surface area contributed by atoms with Gasteiger partial charge < -0.3 is 9.41 Å². The summed E-state index contributed by atoms with van der Waals surface area (Å²) in [5.41, 5.74) is 3.57. The lowest BCUT2D eigenvalue weighted by atomic mass is 9.93. The van der Waals surface area contributed by atoms with E-state index < -0.39 is 0 Å². The van der Waals surface area contributed by atoms with Gasteiger partial charge in [-0.2, -0.15) is 0 Å². The van der Waals surface area contributed by atoms with Gasteiger partial charge in [-0.1, -0.05) is 29.3 Å². The first-order chi connectivity index (χ1) is 11.4. The Hall–Kier alpha value is -1.62. The summed E-state index contributed by atoms with van der Waals surface area (Å²) >= 11 is 13.2. The summed E-state index contributed by atoms with van der Waals surface area (Å²) in [6.45, 7) is 3.92. The van der Waals surface area contributed by atoms with Gasteiger partial charge in [-0.25, -0.2) is 0 Å². The summed E-state index contributed by atoms with van der Waals surface area (Å²) in [7, 11) is 0. The Morgan fingerprint density at radius 1 is 1.08 bits per heavy atom. The monoisotopic (exact) mass is 379 g/mol. The fourth-order valence-electron chi connectivity index (χ4n) is 2.72. The van der Waals surface area contributed by atoms with Crippen LogP contribution < -0.4 is 4.31 Å². The number of anilines is 1. The number of hydrogen-bond acceptors (Lipinski definition) is 4. The standard InChI is InChI=1S/C18H15Cl2NO2S/c1-10-3-8-14(20)11(2)16(10)17-15(22)9-21(24-18(17)23)13-6-4-12(19)5-7-13/h3-8,23H,9H2,1-2H3. The first kappa shape index (κ1) is 17.2. The van der Waals surface area contributed by atoms with Crippen molar-refractivity contribution in [2.75, 3.05) is 10.8 Å². The Morgan fingerprint density at radius 2 is 1.75 bits per heavy atom. The molecule has 1 aliphatic rings. The number of Topliss-reactive ketones (excluding diaryl/α,β-unsaturated/α-hetero) is 1. The van der Waals surface area contributed by atoms with E-state index in [1.807, 2.05) is 32.0 Å². The van der Waals surface area contributed by atoms with Crippen LogP contribution in [0.15, 0.2) is 41.5 Å². The maximum atomic E-state index is 12.7. The molecule has 1 N–H and O–H groups in total. The third-order valence-corrected chi connectivity index (χ3v) is 5.55. The topological polar surface area (TPSA) is 40.5 Å². The average molecular weight is 380 g/mol. The lowest BCUT2D eigenvalue weighted by Crippen LogP contribution is -2.29. The van der Waals surface area contributed by atoms with E-state index >= 15 is 0 Å². The molecule has 24 heavy (non-hydrogen) atoms. The molecule has 0 spiro atoms. The minimum absolute atomic E-state index is 0.0188. The van der Waals surface area contributed by atoms with Gasteiger partial charge in [0.25, 0.3) is 0 Å². The summed E-state index contributed by atoms with van der Waals surface area (Å²) in [6, 6.07) is 10.8. The quantitative estimate of drug-likeness (QED) is 0.691. The summed E-state index contributed by atoms with van der Waals surface area (Å²) in [5.74, 6) is -0.144. The SMILES string of the molecule is Cc1ccc(Cl)c(C)c1C1=C(O)SN(c2ccc(Cl)cc2)CC1=O. The maximum Gasteiger partial charge on any atom is 0.188 e. The van der Waals surface area contributed by atoms with Crippen molar-refractivity contribution in [1.82, 2.24) is 0 Å². The van der Waals surface area contributed by atoms with Crippen LogP contribution in [0.4, 0.5) is 5.69 Å². The summed E-state index contributed by atoms with van der Waals surface area (Å²) in [5, 5.41) is 11.7. The lowest BCUT2D eigenvalue weighted by Gasteiger charge is -2.28. The van der Waals surface area contributed by atoms with Crippen molar-refractivity contribution >= 4 is 52.2 Å². The van der Waals surface area contributed by atoms with Crippen molar-refractivity contribution in [2.45, 2.75) is 13.8 Å². The summed E-state index contributed by atoms with van der Waals surface area (Å²) in [6.07, 6.45) is 0. The number of halogens is 2. The molecule has 0 bridgehead atoms. The molecule has 0 amide bonds. The molecule has 1 aliphatic heterocycles. The van der Waals surface area contributed by atoms with Gasteiger partial charge in [-0.05, 0) is 60.9 Å². The van der Waals surface area contributed by atoms with Crippen molar-refractivity contribution in [3.63, 3.8) is 0 Å². The molecule has 0 aromatic heterocycles. The number of carbonyl (C=O) groups excluding carboxylic acids is 1. The molecular formula is C18H15Cl2NO2S. The van der Waals surface area contributed by atoms with E-state index in [9.17, 15) is 9.90 Å². The van der Waals surface area contributed by atoms with Crippen molar-refractivity contribution < 1.29 is 9.90 Å². The van der Waals surface area contributed by atoms with E-state index in [2.05, 4.69) is 0 Å². The van der Waals surface area contributed by atoms with Gasteiger partial charge in [-0.3, -0.25) is 4.79 Å². The Kier molecular flexibility index (Phi) is 4.81. The zero-order chi connectivity index (χ0) is 17.4. The highest BCUT2D eigenvalue weighted by molar-refractivity contribution is 8.04. The normalized spacial score (nSPS) is 15.2. The zero-order valence-corrected chi connectivity index (χ0v) is 15.5. The molecule has 0 unspecified atom stereocenters. The number of nitrogens with zero attached hydrogens (tertiary/aromatic N) is 1. The fraction of sp³-hybridized carbons (Fsp3) is 0.167. The molecule has 124 valence electrons. The lowest BCUT2D eigenvalue weighted by molar-refractivity contribution is -0.112. The molecule has 0 saturated heterocycles. The van der Waals surface area contributed by atoms with Crippen LogP contribution in [0.3, 0.4) is 0 Å². The highest BCUT2D eigenvalue weighted by Crippen LogP contribution is 2.39. The van der Waals surface area contributed by atoms with Crippen molar-refractivity contribution in [2.24, 2.45) is 0 Å². The number of aryl methyl sites for hydroxylation is 1. The minimum Gasteiger partial charge on any atom is -0.500 e. The van der Waals surface area contributed by atoms with Gasteiger partial charge in [0, 0.05) is 27.7 Å². The van der Waals surface area contributed by atoms with Crippen LogP contribution in [0, 0.1) is 13.8 Å². The third-order valence-electron chi connectivity index (χ3n) is 3.95. The van der Waals surface area contributed by atoms with Gasteiger partial charge in [0.2, 0.25) is 0 Å². The average Bonchev–Trinajstić information content (AvgIpc) is 2.54. The number of ketones is 1. The molecule has 2 aromatic rings. The summed E-state index contributed by atoms with van der Waals surface area (Å²) < 4.78 is 1.74. The van der Waals surface area contributed by atoms with Gasteiger partial charge >= 0.3 is 0 Å². The smallest absolute Gasteiger partial charge is 0.188 e. The minimum atomic E-state index is -0.144. The highest BCUT2D eigenvalue weighted by Gasteiger charge is 2.30. The largest absolute Gasteiger partial charge is 0.500 e. The van der Waals surface area contributed by atoms with Gasteiger partial charge in [-0.15, -0.1) is 0 Å². The fourth-order valence-corrected chi connectivity index (χ4v) is 3.92. The predicted octanol–water partition coefficient (Wildman–Crippen LogP) is 5.57. The molecule has 0 radical (unpaired) electrons. The second-order valence-corrected chi connectivity index (χ2v) is 7.43. The van der Waals surface area contributed by atoms with Crippen molar-refractivity contribution in [3.05, 3.63) is 68.2 Å². The predicted molar refractivity (Wildman–Crippen MR) is 102 cm³/mol. The molecule has 0 saturated carbocycles. The van der Waals surface area contributed by atoms with E-state index in [-0.39, 0.29) is 17.4 Å². The molecule has 0 atom stereocenters. The van der Waals surface area contributed by atoms with Crippen LogP contribution >= 0.6 is 35.1 Å². The third kappa shape index (κ3) is 3.14. The van der Waals surface area contributed by atoms with E-state index in [4.69, 9.17) is 23.2 Å². The number of aliphatic hydroxyl groups is 1. The van der Waals surface area contributed by atoms with Gasteiger partial charge in [0.1, 0.15) is 0 Å². The van der Waals surface area contributed by atoms with E-state index in [0.717, 1.165) is 28.8 Å². The number of carbonyl (C=O) groups is 1. The molecule has 0 aliphatic carbocycles. The molecule has 6 heteroatoms. The molecule has 2 aromatic carbocycles. The van der Waals surface area contributed by atoms with Crippen molar-refractivity contribution in [3.8, 4) is 0 Å². The number of aliphatic hydroxyl groups excluding tert-OH is 1.